The lowest BCUT2D eigenvalue weighted by molar-refractivity contribution is 0.0696. The maximum Gasteiger partial charge on any atom is 0.337 e. The summed E-state index contributed by atoms with van der Waals surface area (Å²) in [4.78, 5) is 19.1. The summed E-state index contributed by atoms with van der Waals surface area (Å²) in [6.07, 6.45) is 4.70. The molecule has 5 nitrogen and oxygen atoms in total. The van der Waals surface area contributed by atoms with E-state index in [1.807, 2.05) is 13.8 Å². The van der Waals surface area contributed by atoms with Crippen LogP contribution in [-0.4, -0.2) is 25.6 Å². The number of rotatable bonds is 3. The van der Waals surface area contributed by atoms with Gasteiger partial charge in [-0.15, -0.1) is 0 Å². The van der Waals surface area contributed by atoms with E-state index in [2.05, 4.69) is 9.97 Å². The van der Waals surface area contributed by atoms with Crippen LogP contribution in [0.3, 0.4) is 0 Å². The average molecular weight is 266 g/mol. The van der Waals surface area contributed by atoms with E-state index in [4.69, 9.17) is 16.7 Å². The number of imidazole rings is 1. The Morgan fingerprint density at radius 3 is 2.72 bits per heavy atom. The fraction of sp³-hybridized carbons (Fsp3) is 0.250. The summed E-state index contributed by atoms with van der Waals surface area (Å²) < 4.78 is 1.76. The normalized spacial score (nSPS) is 10.9. The third-order valence-electron chi connectivity index (χ3n) is 2.48. The molecule has 2 rings (SSSR count). The van der Waals surface area contributed by atoms with Crippen molar-refractivity contribution in [1.82, 2.24) is 14.5 Å². The summed E-state index contributed by atoms with van der Waals surface area (Å²) in [6.45, 7) is 4.02. The number of aromatic nitrogens is 3. The highest BCUT2D eigenvalue weighted by Crippen LogP contribution is 2.23. The van der Waals surface area contributed by atoms with Crippen molar-refractivity contribution in [1.29, 1.82) is 0 Å². The summed E-state index contributed by atoms with van der Waals surface area (Å²) in [5.74, 6) is 0.484. The van der Waals surface area contributed by atoms with E-state index >= 15 is 0 Å². The van der Waals surface area contributed by atoms with Crippen molar-refractivity contribution in [3.8, 4) is 5.82 Å². The van der Waals surface area contributed by atoms with E-state index < -0.39 is 5.97 Å². The van der Waals surface area contributed by atoms with Gasteiger partial charge in [0.1, 0.15) is 5.82 Å². The Kier molecular flexibility index (Phi) is 3.34. The molecule has 2 aromatic heterocycles. The Labute approximate surface area is 109 Å². The van der Waals surface area contributed by atoms with Gasteiger partial charge in [0.05, 0.1) is 10.6 Å². The molecule has 0 saturated heterocycles. The first-order valence-electron chi connectivity index (χ1n) is 5.43. The summed E-state index contributed by atoms with van der Waals surface area (Å²) >= 11 is 6.07. The summed E-state index contributed by atoms with van der Waals surface area (Å²) in [6, 6.07) is 1.39. The number of carboxylic acid groups (broad SMARTS) is 1. The summed E-state index contributed by atoms with van der Waals surface area (Å²) in [7, 11) is 0. The van der Waals surface area contributed by atoms with Gasteiger partial charge in [-0.05, 0) is 6.07 Å². The Balaban J connectivity index is 2.51. The number of pyridine rings is 1. The summed E-state index contributed by atoms with van der Waals surface area (Å²) in [5.41, 5.74) is 0.0648. The van der Waals surface area contributed by atoms with Crippen LogP contribution in [0.1, 0.15) is 35.9 Å². The van der Waals surface area contributed by atoms with Crippen LogP contribution in [0.5, 0.6) is 0 Å². The van der Waals surface area contributed by atoms with E-state index in [1.165, 1.54) is 12.3 Å². The predicted octanol–water partition coefficient (Wildman–Crippen LogP) is 2.74. The first kappa shape index (κ1) is 12.6. The highest BCUT2D eigenvalue weighted by atomic mass is 35.5. The second-order valence-corrected chi connectivity index (χ2v) is 4.55. The van der Waals surface area contributed by atoms with Gasteiger partial charge in [-0.1, -0.05) is 25.4 Å². The third kappa shape index (κ3) is 2.22. The van der Waals surface area contributed by atoms with Crippen molar-refractivity contribution >= 4 is 17.6 Å². The van der Waals surface area contributed by atoms with Crippen molar-refractivity contribution in [3.63, 3.8) is 0 Å². The van der Waals surface area contributed by atoms with Gasteiger partial charge in [-0.3, -0.25) is 4.57 Å². The molecule has 0 atom stereocenters. The van der Waals surface area contributed by atoms with Crippen LogP contribution in [0.15, 0.2) is 24.7 Å². The number of hydrogen-bond donors (Lipinski definition) is 1. The molecule has 0 aliphatic heterocycles. The predicted molar refractivity (Wildman–Crippen MR) is 67.4 cm³/mol. The number of hydrogen-bond acceptors (Lipinski definition) is 3. The van der Waals surface area contributed by atoms with Gasteiger partial charge in [0.25, 0.3) is 0 Å². The minimum absolute atomic E-state index is 0.0648. The monoisotopic (exact) mass is 265 g/mol. The quantitative estimate of drug-likeness (QED) is 0.926. The molecule has 0 fully saturated rings. The van der Waals surface area contributed by atoms with E-state index in [0.717, 1.165) is 5.82 Å². The molecular weight excluding hydrogens is 254 g/mol. The molecule has 0 aliphatic rings. The molecule has 0 spiro atoms. The van der Waals surface area contributed by atoms with Crippen molar-refractivity contribution < 1.29 is 9.90 Å². The molecule has 0 unspecified atom stereocenters. The standard InChI is InChI=1S/C12H12ClN3O2/c1-7(2)10-14-3-4-16(10)11-9(13)5-8(6-15-11)12(17)18/h3-7H,1-2H3,(H,17,18). The first-order valence-corrected chi connectivity index (χ1v) is 5.81. The lowest BCUT2D eigenvalue weighted by atomic mass is 10.2. The molecule has 0 amide bonds. The van der Waals surface area contributed by atoms with Gasteiger partial charge in [-0.2, -0.15) is 0 Å². The molecular formula is C12H12ClN3O2. The Morgan fingerprint density at radius 1 is 1.44 bits per heavy atom. The maximum atomic E-state index is 10.8. The van der Waals surface area contributed by atoms with Crippen molar-refractivity contribution in [2.45, 2.75) is 19.8 Å². The van der Waals surface area contributed by atoms with Gasteiger partial charge in [0, 0.05) is 24.5 Å². The number of nitrogens with zero attached hydrogens (tertiary/aromatic N) is 3. The van der Waals surface area contributed by atoms with Crippen molar-refractivity contribution in [3.05, 3.63) is 41.1 Å². The second kappa shape index (κ2) is 4.78. The van der Waals surface area contributed by atoms with Gasteiger partial charge in [0.2, 0.25) is 0 Å². The highest BCUT2D eigenvalue weighted by molar-refractivity contribution is 6.32. The van der Waals surface area contributed by atoms with Crippen LogP contribution in [0.2, 0.25) is 5.02 Å². The van der Waals surface area contributed by atoms with Crippen molar-refractivity contribution in [2.24, 2.45) is 0 Å². The number of halogens is 1. The fourth-order valence-corrected chi connectivity index (χ4v) is 1.90. The zero-order valence-corrected chi connectivity index (χ0v) is 10.7. The molecule has 2 aromatic rings. The van der Waals surface area contributed by atoms with Crippen LogP contribution < -0.4 is 0 Å². The van der Waals surface area contributed by atoms with Crippen LogP contribution in [-0.2, 0) is 0 Å². The molecule has 0 saturated carbocycles. The van der Waals surface area contributed by atoms with Gasteiger partial charge in [0.15, 0.2) is 5.82 Å². The van der Waals surface area contributed by atoms with E-state index in [0.29, 0.717) is 5.82 Å². The minimum Gasteiger partial charge on any atom is -0.478 e. The molecule has 1 N–H and O–H groups in total. The average Bonchev–Trinajstić information content (AvgIpc) is 2.77. The van der Waals surface area contributed by atoms with Gasteiger partial charge >= 0.3 is 5.97 Å². The van der Waals surface area contributed by atoms with Gasteiger partial charge < -0.3 is 5.11 Å². The molecule has 0 aromatic carbocycles. The Hall–Kier alpha value is -1.88. The topological polar surface area (TPSA) is 68.0 Å². The van der Waals surface area contributed by atoms with Crippen molar-refractivity contribution in [2.75, 3.05) is 0 Å². The number of aromatic carboxylic acids is 1. The molecule has 0 radical (unpaired) electrons. The molecule has 94 valence electrons. The minimum atomic E-state index is -1.05. The van der Waals surface area contributed by atoms with Crippen LogP contribution >= 0.6 is 11.6 Å². The smallest absolute Gasteiger partial charge is 0.337 e. The largest absolute Gasteiger partial charge is 0.478 e. The molecule has 2 heterocycles. The molecule has 6 heteroatoms. The maximum absolute atomic E-state index is 10.8. The van der Waals surface area contributed by atoms with E-state index in [1.54, 1.807) is 17.0 Å². The Morgan fingerprint density at radius 2 is 2.17 bits per heavy atom. The SMILES string of the molecule is CC(C)c1nccn1-c1ncc(C(=O)O)cc1Cl. The third-order valence-corrected chi connectivity index (χ3v) is 2.76. The summed E-state index contributed by atoms with van der Waals surface area (Å²) in [5, 5.41) is 9.14. The molecule has 0 bridgehead atoms. The Bertz CT molecular complexity index is 593. The molecule has 0 aliphatic carbocycles. The van der Waals surface area contributed by atoms with E-state index in [-0.39, 0.29) is 16.5 Å². The van der Waals surface area contributed by atoms with Crippen LogP contribution in [0.25, 0.3) is 5.82 Å². The highest BCUT2D eigenvalue weighted by Gasteiger charge is 2.14. The van der Waals surface area contributed by atoms with E-state index in [9.17, 15) is 4.79 Å². The van der Waals surface area contributed by atoms with Crippen LogP contribution in [0.4, 0.5) is 0 Å². The zero-order chi connectivity index (χ0) is 13.3. The zero-order valence-electron chi connectivity index (χ0n) is 9.96. The number of carboxylic acids is 1. The number of carbonyl (C=O) groups is 1. The van der Waals surface area contributed by atoms with Crippen LogP contribution in [0, 0.1) is 0 Å². The fourth-order valence-electron chi connectivity index (χ4n) is 1.65. The lowest BCUT2D eigenvalue weighted by Gasteiger charge is -2.11. The second-order valence-electron chi connectivity index (χ2n) is 4.14. The lowest BCUT2D eigenvalue weighted by Crippen LogP contribution is -2.06. The van der Waals surface area contributed by atoms with Gasteiger partial charge in [-0.25, -0.2) is 14.8 Å². The first-order chi connectivity index (χ1) is 8.50. The molecule has 18 heavy (non-hydrogen) atoms.